The van der Waals surface area contributed by atoms with Crippen molar-refractivity contribution in [2.45, 2.75) is 70.9 Å². The molecular weight excluding hydrogens is 200 g/mol. The third kappa shape index (κ3) is 4.97. The fourth-order valence-corrected chi connectivity index (χ4v) is 2.49. The van der Waals surface area contributed by atoms with Crippen LogP contribution in [0.4, 0.5) is 0 Å². The zero-order valence-electron chi connectivity index (χ0n) is 10.7. The standard InChI is InChI=1S/C13H26N2O/c1-10(14)6-5-9-13(16)15-11(2)12-7-3-4-8-12/h10-12H,3-9,14H2,1-2H3,(H,15,16)/t10?,11-/m1/s1. The average molecular weight is 226 g/mol. The summed E-state index contributed by atoms with van der Waals surface area (Å²) in [5.41, 5.74) is 5.65. The fraction of sp³-hybridized carbons (Fsp3) is 0.923. The van der Waals surface area contributed by atoms with Gasteiger partial charge in [-0.1, -0.05) is 12.8 Å². The van der Waals surface area contributed by atoms with Gasteiger partial charge in [-0.2, -0.15) is 0 Å². The Bertz CT molecular complexity index is 210. The van der Waals surface area contributed by atoms with Crippen LogP contribution in [0.5, 0.6) is 0 Å². The summed E-state index contributed by atoms with van der Waals surface area (Å²) in [5.74, 6) is 0.900. The third-order valence-corrected chi connectivity index (χ3v) is 3.56. The van der Waals surface area contributed by atoms with Crippen LogP contribution in [-0.4, -0.2) is 18.0 Å². The summed E-state index contributed by atoms with van der Waals surface area (Å²) >= 11 is 0. The van der Waals surface area contributed by atoms with Crippen molar-refractivity contribution in [2.75, 3.05) is 0 Å². The summed E-state index contributed by atoms with van der Waals surface area (Å²) in [4.78, 5) is 11.6. The van der Waals surface area contributed by atoms with Crippen molar-refractivity contribution in [1.82, 2.24) is 5.32 Å². The molecule has 1 aliphatic carbocycles. The van der Waals surface area contributed by atoms with Gasteiger partial charge in [0.05, 0.1) is 0 Å². The monoisotopic (exact) mass is 226 g/mol. The lowest BCUT2D eigenvalue weighted by atomic mass is 9.99. The summed E-state index contributed by atoms with van der Waals surface area (Å²) in [6, 6.07) is 0.561. The maximum absolute atomic E-state index is 11.6. The lowest BCUT2D eigenvalue weighted by Crippen LogP contribution is -2.37. The van der Waals surface area contributed by atoms with Crippen molar-refractivity contribution >= 4 is 5.91 Å². The number of carbonyl (C=O) groups is 1. The Morgan fingerprint density at radius 1 is 1.38 bits per heavy atom. The van der Waals surface area contributed by atoms with E-state index in [0.29, 0.717) is 18.4 Å². The molecule has 0 heterocycles. The van der Waals surface area contributed by atoms with Gasteiger partial charge in [0.25, 0.3) is 0 Å². The summed E-state index contributed by atoms with van der Waals surface area (Å²) in [5, 5.41) is 3.12. The molecule has 0 aromatic carbocycles. The van der Waals surface area contributed by atoms with Crippen LogP contribution in [-0.2, 0) is 4.79 Å². The van der Waals surface area contributed by atoms with Crippen LogP contribution in [0.3, 0.4) is 0 Å². The first kappa shape index (κ1) is 13.5. The number of hydrogen-bond donors (Lipinski definition) is 2. The van der Waals surface area contributed by atoms with Crippen molar-refractivity contribution in [3.63, 3.8) is 0 Å². The van der Waals surface area contributed by atoms with Gasteiger partial charge in [-0.25, -0.2) is 0 Å². The minimum atomic E-state index is 0.194. The Labute approximate surface area is 99.2 Å². The molecular formula is C13H26N2O. The molecule has 16 heavy (non-hydrogen) atoms. The molecule has 0 radical (unpaired) electrons. The Balaban J connectivity index is 2.12. The smallest absolute Gasteiger partial charge is 0.220 e. The van der Waals surface area contributed by atoms with Gasteiger partial charge in [-0.3, -0.25) is 4.79 Å². The molecule has 3 N–H and O–H groups in total. The van der Waals surface area contributed by atoms with E-state index in [1.54, 1.807) is 0 Å². The Hall–Kier alpha value is -0.570. The zero-order valence-corrected chi connectivity index (χ0v) is 10.7. The molecule has 0 bridgehead atoms. The SMILES string of the molecule is CC(N)CCCC(=O)N[C@H](C)C1CCCC1. The highest BCUT2D eigenvalue weighted by Crippen LogP contribution is 2.27. The van der Waals surface area contributed by atoms with E-state index in [1.165, 1.54) is 25.7 Å². The molecule has 2 atom stereocenters. The van der Waals surface area contributed by atoms with Crippen molar-refractivity contribution in [1.29, 1.82) is 0 Å². The highest BCUT2D eigenvalue weighted by Gasteiger charge is 2.22. The highest BCUT2D eigenvalue weighted by atomic mass is 16.1. The maximum atomic E-state index is 11.6. The summed E-state index contributed by atoms with van der Waals surface area (Å²) in [7, 11) is 0. The van der Waals surface area contributed by atoms with Gasteiger partial charge in [-0.05, 0) is 45.4 Å². The van der Waals surface area contributed by atoms with E-state index in [1.807, 2.05) is 6.92 Å². The van der Waals surface area contributed by atoms with Crippen LogP contribution in [0.15, 0.2) is 0 Å². The molecule has 3 nitrogen and oxygen atoms in total. The van der Waals surface area contributed by atoms with Crippen LogP contribution in [0.2, 0.25) is 0 Å². The van der Waals surface area contributed by atoms with Crippen molar-refractivity contribution in [3.8, 4) is 0 Å². The van der Waals surface area contributed by atoms with Crippen LogP contribution < -0.4 is 11.1 Å². The van der Waals surface area contributed by atoms with Crippen LogP contribution in [0.1, 0.15) is 58.8 Å². The van der Waals surface area contributed by atoms with Crippen molar-refractivity contribution in [3.05, 3.63) is 0 Å². The van der Waals surface area contributed by atoms with E-state index in [2.05, 4.69) is 12.2 Å². The Morgan fingerprint density at radius 3 is 2.56 bits per heavy atom. The van der Waals surface area contributed by atoms with Gasteiger partial charge >= 0.3 is 0 Å². The van der Waals surface area contributed by atoms with Crippen LogP contribution in [0, 0.1) is 5.92 Å². The first-order valence-electron chi connectivity index (χ1n) is 6.64. The minimum absolute atomic E-state index is 0.194. The summed E-state index contributed by atoms with van der Waals surface area (Å²) in [6.07, 6.45) is 7.68. The third-order valence-electron chi connectivity index (χ3n) is 3.56. The molecule has 0 aromatic rings. The van der Waals surface area contributed by atoms with Crippen molar-refractivity contribution in [2.24, 2.45) is 11.7 Å². The first-order chi connectivity index (χ1) is 7.59. The molecule has 3 heteroatoms. The molecule has 1 saturated carbocycles. The lowest BCUT2D eigenvalue weighted by Gasteiger charge is -2.20. The second-order valence-electron chi connectivity index (χ2n) is 5.27. The highest BCUT2D eigenvalue weighted by molar-refractivity contribution is 5.76. The quantitative estimate of drug-likeness (QED) is 0.729. The average Bonchev–Trinajstić information content (AvgIpc) is 2.69. The molecule has 1 aliphatic rings. The first-order valence-corrected chi connectivity index (χ1v) is 6.64. The van der Waals surface area contributed by atoms with Gasteiger partial charge in [0.1, 0.15) is 0 Å². The number of nitrogens with two attached hydrogens (primary N) is 1. The van der Waals surface area contributed by atoms with E-state index in [4.69, 9.17) is 5.73 Å². The molecule has 0 aromatic heterocycles. The maximum Gasteiger partial charge on any atom is 0.220 e. The molecule has 0 aliphatic heterocycles. The number of amides is 1. The van der Waals surface area contributed by atoms with Gasteiger partial charge in [-0.15, -0.1) is 0 Å². The predicted octanol–water partition coefficient (Wildman–Crippen LogP) is 2.20. The summed E-state index contributed by atoms with van der Waals surface area (Å²) in [6.45, 7) is 4.12. The number of carbonyl (C=O) groups excluding carboxylic acids is 1. The molecule has 94 valence electrons. The second kappa shape index (κ2) is 6.89. The Kier molecular flexibility index (Phi) is 5.81. The molecule has 0 spiro atoms. The fourth-order valence-electron chi connectivity index (χ4n) is 2.49. The second-order valence-corrected chi connectivity index (χ2v) is 5.27. The molecule has 1 unspecified atom stereocenters. The topological polar surface area (TPSA) is 55.1 Å². The van der Waals surface area contributed by atoms with Crippen LogP contribution >= 0.6 is 0 Å². The van der Waals surface area contributed by atoms with Gasteiger partial charge in [0.2, 0.25) is 5.91 Å². The van der Waals surface area contributed by atoms with Crippen molar-refractivity contribution < 1.29 is 4.79 Å². The van der Waals surface area contributed by atoms with Gasteiger partial charge < -0.3 is 11.1 Å². The van der Waals surface area contributed by atoms with E-state index in [9.17, 15) is 4.79 Å². The van der Waals surface area contributed by atoms with E-state index < -0.39 is 0 Å². The molecule has 1 amide bonds. The number of nitrogens with one attached hydrogen (secondary N) is 1. The largest absolute Gasteiger partial charge is 0.353 e. The van der Waals surface area contributed by atoms with Gasteiger partial charge in [0.15, 0.2) is 0 Å². The molecule has 0 saturated heterocycles. The Morgan fingerprint density at radius 2 is 2.00 bits per heavy atom. The normalized spacial score (nSPS) is 20.7. The minimum Gasteiger partial charge on any atom is -0.353 e. The van der Waals surface area contributed by atoms with E-state index in [-0.39, 0.29) is 11.9 Å². The predicted molar refractivity (Wildman–Crippen MR) is 67.1 cm³/mol. The lowest BCUT2D eigenvalue weighted by molar-refractivity contribution is -0.122. The van der Waals surface area contributed by atoms with E-state index >= 15 is 0 Å². The molecule has 1 fully saturated rings. The van der Waals surface area contributed by atoms with Gasteiger partial charge in [0, 0.05) is 18.5 Å². The van der Waals surface area contributed by atoms with Crippen LogP contribution in [0.25, 0.3) is 0 Å². The summed E-state index contributed by atoms with van der Waals surface area (Å²) < 4.78 is 0. The zero-order chi connectivity index (χ0) is 12.0. The van der Waals surface area contributed by atoms with E-state index in [0.717, 1.165) is 12.8 Å². The number of rotatable bonds is 6. The molecule has 1 rings (SSSR count). The number of hydrogen-bond acceptors (Lipinski definition) is 2.